The van der Waals surface area contributed by atoms with Crippen molar-refractivity contribution in [3.8, 4) is 11.3 Å². The number of pyridine rings is 1. The normalized spacial score (nSPS) is 11.9. The molecule has 0 aliphatic rings. The Morgan fingerprint density at radius 1 is 0.674 bits per heavy atom. The molecule has 0 amide bonds. The average molecular weight is 718 g/mol. The molecule has 0 fully saturated rings. The fraction of sp³-hybridized carbons (Fsp3) is 0.622. The predicted molar refractivity (Wildman–Crippen MR) is 205 cm³/mol. The molecule has 0 saturated heterocycles. The van der Waals surface area contributed by atoms with E-state index in [1.54, 1.807) is 0 Å². The molecule has 0 aliphatic carbocycles. The summed E-state index contributed by atoms with van der Waals surface area (Å²) in [7, 11) is -2.58. The first-order chi connectivity index (χ1) is 18.5. The van der Waals surface area contributed by atoms with Crippen molar-refractivity contribution >= 4 is 30.0 Å². The van der Waals surface area contributed by atoms with E-state index in [-0.39, 0.29) is 31.6 Å². The molecule has 245 valence electrons. The number of rotatable bonds is 6. The zero-order valence-corrected chi connectivity index (χ0v) is 37.3. The predicted octanol–water partition coefficient (Wildman–Crippen LogP) is 13.3. The van der Waals surface area contributed by atoms with E-state index >= 15 is 0 Å². The van der Waals surface area contributed by atoms with Crippen molar-refractivity contribution in [1.29, 1.82) is 0 Å². The third-order valence-corrected chi connectivity index (χ3v) is 4.84. The fourth-order valence-electron chi connectivity index (χ4n) is 3.22. The van der Waals surface area contributed by atoms with Gasteiger partial charge in [-0.2, -0.15) is 0 Å². The minimum Gasteiger partial charge on any atom is -0.465 e. The Morgan fingerprint density at radius 2 is 1.02 bits per heavy atom. The van der Waals surface area contributed by atoms with Crippen molar-refractivity contribution in [3.63, 3.8) is 0 Å². The second-order valence-corrected chi connectivity index (χ2v) is 32.8. The summed E-state index contributed by atoms with van der Waals surface area (Å²) in [5, 5.41) is 4.75. The van der Waals surface area contributed by atoms with Crippen LogP contribution in [0.2, 0.25) is 58.9 Å². The van der Waals surface area contributed by atoms with Gasteiger partial charge in [0.2, 0.25) is 0 Å². The van der Waals surface area contributed by atoms with Gasteiger partial charge in [0, 0.05) is 0 Å². The van der Waals surface area contributed by atoms with Gasteiger partial charge in [0.05, 0.1) is 0 Å². The standard InChI is InChI=1S/C25H37N2.3C4H11Si.Zr/c1-16(2)19-13-20(17(3)4)24(21(14-19)18(5)6)22-11-10-12-23(27-22)26-15-25(7,8)9;3*1-5(2,3)4;/h10-14,16-18H,15H2,1-9H3;3*1H2,2-4H3;/q4*-1;+3. The van der Waals surface area contributed by atoms with Crippen LogP contribution in [0, 0.1) is 25.1 Å². The second kappa shape index (κ2) is 20.0. The van der Waals surface area contributed by atoms with Crippen LogP contribution in [0.15, 0.2) is 30.3 Å². The Morgan fingerprint density at radius 3 is 1.30 bits per heavy atom. The van der Waals surface area contributed by atoms with Crippen LogP contribution in [0.3, 0.4) is 0 Å². The SMILES string of the molecule is CC(C)c1cc(C(C)C)c(-c2cccc([N-]CC(C)(C)C)n2)c(C(C)C)c1.[CH2-][Si](C)(C)C.[CH2-][Si](C)(C)C.[CH2-][Si](C)(C)C.[Zr+3]. The maximum atomic E-state index is 4.94. The number of nitrogens with zero attached hydrogens (tertiary/aromatic N) is 2. The monoisotopic (exact) mass is 716 g/mol. The summed E-state index contributed by atoms with van der Waals surface area (Å²) >= 11 is 0. The molecule has 0 aliphatic heterocycles. The molecule has 0 unspecified atom stereocenters. The van der Waals surface area contributed by atoms with Gasteiger partial charge >= 0.3 is 26.2 Å². The quantitative estimate of drug-likeness (QED) is 0.216. The maximum absolute atomic E-state index is 4.94. The average Bonchev–Trinajstić information content (AvgIpc) is 2.73. The van der Waals surface area contributed by atoms with Crippen molar-refractivity contribution in [2.24, 2.45) is 5.41 Å². The molecule has 0 atom stereocenters. The number of aromatic nitrogens is 1. The van der Waals surface area contributed by atoms with Crippen LogP contribution in [-0.2, 0) is 26.2 Å². The Bertz CT molecular complexity index is 960. The van der Waals surface area contributed by atoms with Gasteiger partial charge in [0.25, 0.3) is 0 Å². The largest absolute Gasteiger partial charge is 3.00 e. The van der Waals surface area contributed by atoms with Crippen LogP contribution < -0.4 is 0 Å². The van der Waals surface area contributed by atoms with Gasteiger partial charge in [0.1, 0.15) is 0 Å². The number of hydrogen-bond acceptors (Lipinski definition) is 1. The summed E-state index contributed by atoms with van der Waals surface area (Å²) in [6, 6.07) is 11.0. The molecular formula is C37H70N2Si3Zr-. The summed E-state index contributed by atoms with van der Waals surface area (Å²) in [6.07, 6.45) is 0. The van der Waals surface area contributed by atoms with Gasteiger partial charge in [-0.1, -0.05) is 157 Å². The Hall–Kier alpha value is -0.296. The van der Waals surface area contributed by atoms with Crippen LogP contribution in [0.4, 0.5) is 5.82 Å². The van der Waals surface area contributed by atoms with E-state index in [1.807, 2.05) is 6.07 Å². The van der Waals surface area contributed by atoms with Crippen molar-refractivity contribution < 1.29 is 26.2 Å². The van der Waals surface area contributed by atoms with Gasteiger partial charge in [-0.25, -0.2) is 0 Å². The van der Waals surface area contributed by atoms with Crippen molar-refractivity contribution in [3.05, 3.63) is 72.0 Å². The van der Waals surface area contributed by atoms with Crippen LogP contribution in [0.25, 0.3) is 16.6 Å². The molecular weight excluding hydrogens is 648 g/mol. The number of hydrogen-bond donors (Lipinski definition) is 0. The van der Waals surface area contributed by atoms with Gasteiger partial charge in [-0.15, -0.1) is 24.2 Å². The van der Waals surface area contributed by atoms with Crippen molar-refractivity contribution in [2.75, 3.05) is 6.54 Å². The first kappa shape index (κ1) is 47.1. The van der Waals surface area contributed by atoms with E-state index in [0.717, 1.165) is 18.1 Å². The molecule has 2 aromatic rings. The summed E-state index contributed by atoms with van der Waals surface area (Å²) in [5.41, 5.74) is 6.73. The minimum atomic E-state index is -0.861. The summed E-state index contributed by atoms with van der Waals surface area (Å²) in [6.45, 7) is 52.7. The third-order valence-electron chi connectivity index (χ3n) is 4.84. The van der Waals surface area contributed by atoms with Gasteiger partial charge in [0.15, 0.2) is 0 Å². The van der Waals surface area contributed by atoms with Crippen LogP contribution in [0.5, 0.6) is 0 Å². The number of benzene rings is 1. The molecule has 2 nitrogen and oxygen atoms in total. The first-order valence-electron chi connectivity index (χ1n) is 15.9. The fourth-order valence-corrected chi connectivity index (χ4v) is 3.22. The molecule has 43 heavy (non-hydrogen) atoms. The topological polar surface area (TPSA) is 27.0 Å². The molecule has 0 N–H and O–H groups in total. The Balaban J connectivity index is -0.000000826. The Kier molecular flexibility index (Phi) is 22.0. The smallest absolute Gasteiger partial charge is 0.465 e. The van der Waals surface area contributed by atoms with Crippen molar-refractivity contribution in [2.45, 2.75) is 139 Å². The summed E-state index contributed by atoms with van der Waals surface area (Å²) in [5.74, 6) is 2.26. The van der Waals surface area contributed by atoms with E-state index in [9.17, 15) is 0 Å². The molecule has 2 rings (SSSR count). The van der Waals surface area contributed by atoms with E-state index in [0.29, 0.717) is 17.8 Å². The minimum absolute atomic E-state index is 0. The zero-order valence-electron chi connectivity index (χ0n) is 31.8. The van der Waals surface area contributed by atoms with Gasteiger partial charge in [-0.3, -0.25) is 0 Å². The molecule has 6 heteroatoms. The van der Waals surface area contributed by atoms with Gasteiger partial charge in [-0.05, 0) is 57.7 Å². The summed E-state index contributed by atoms with van der Waals surface area (Å²) < 4.78 is 0. The molecule has 1 radical (unpaired) electrons. The first-order valence-corrected chi connectivity index (χ1v) is 27.0. The van der Waals surface area contributed by atoms with Crippen LogP contribution in [0.1, 0.15) is 96.8 Å². The van der Waals surface area contributed by atoms with E-state index < -0.39 is 24.2 Å². The third kappa shape index (κ3) is 28.9. The maximum Gasteiger partial charge on any atom is 3.00 e. The van der Waals surface area contributed by atoms with Crippen LogP contribution >= 0.6 is 0 Å². The molecule has 0 bridgehead atoms. The van der Waals surface area contributed by atoms with Crippen LogP contribution in [-0.4, -0.2) is 35.8 Å². The molecule has 0 saturated carbocycles. The van der Waals surface area contributed by atoms with E-state index in [1.165, 1.54) is 22.3 Å². The molecule has 1 aromatic carbocycles. The molecule has 1 aromatic heterocycles. The molecule has 1 heterocycles. The zero-order chi connectivity index (χ0) is 33.9. The van der Waals surface area contributed by atoms with E-state index in [2.05, 4.69) is 165 Å². The van der Waals surface area contributed by atoms with Gasteiger partial charge < -0.3 is 29.9 Å². The van der Waals surface area contributed by atoms with E-state index in [4.69, 9.17) is 10.3 Å². The summed E-state index contributed by atoms with van der Waals surface area (Å²) in [4.78, 5) is 4.94. The molecule has 0 spiro atoms. The Labute approximate surface area is 293 Å². The second-order valence-electron chi connectivity index (χ2n) is 17.5. The van der Waals surface area contributed by atoms with Crippen molar-refractivity contribution in [1.82, 2.24) is 4.98 Å².